The van der Waals surface area contributed by atoms with E-state index in [-0.39, 0.29) is 24.0 Å². The summed E-state index contributed by atoms with van der Waals surface area (Å²) < 4.78 is 5.26. The van der Waals surface area contributed by atoms with E-state index in [1.54, 1.807) is 32.1 Å². The van der Waals surface area contributed by atoms with E-state index in [9.17, 15) is 14.4 Å². The number of nitrogens with one attached hydrogen (secondary N) is 1. The van der Waals surface area contributed by atoms with Crippen molar-refractivity contribution in [3.63, 3.8) is 0 Å². The van der Waals surface area contributed by atoms with Gasteiger partial charge >= 0.3 is 5.97 Å². The maximum atomic E-state index is 12.5. The first-order chi connectivity index (χ1) is 11.8. The standard InChI is InChI=1S/C19H23NO4S/c1-11-17(13(3)21)12(2)20-18(11)19(23)14(4)24-16(22)9-5-7-15-8-6-10-25-15/h6,8,10,14,20H,5,7,9H2,1-4H3/t14-/m0/s1. The fourth-order valence-corrected chi connectivity index (χ4v) is 3.65. The quantitative estimate of drug-likeness (QED) is 0.569. The number of aromatic nitrogens is 1. The zero-order valence-electron chi connectivity index (χ0n) is 15.0. The van der Waals surface area contributed by atoms with Crippen LogP contribution in [0.1, 0.15) is 63.7 Å². The maximum Gasteiger partial charge on any atom is 0.306 e. The number of esters is 1. The molecule has 1 atom stereocenters. The third kappa shape index (κ3) is 4.66. The minimum Gasteiger partial charge on any atom is -0.454 e. The van der Waals surface area contributed by atoms with Crippen molar-refractivity contribution in [1.82, 2.24) is 4.98 Å². The van der Waals surface area contributed by atoms with Crippen LogP contribution in [0.4, 0.5) is 0 Å². The number of aryl methyl sites for hydroxylation is 2. The minimum atomic E-state index is -0.884. The summed E-state index contributed by atoms with van der Waals surface area (Å²) in [5, 5.41) is 2.00. The second kappa shape index (κ2) is 8.25. The van der Waals surface area contributed by atoms with Crippen molar-refractivity contribution in [1.29, 1.82) is 0 Å². The summed E-state index contributed by atoms with van der Waals surface area (Å²) in [4.78, 5) is 40.3. The van der Waals surface area contributed by atoms with Gasteiger partial charge in [-0.15, -0.1) is 11.3 Å². The van der Waals surface area contributed by atoms with Crippen LogP contribution >= 0.6 is 11.3 Å². The van der Waals surface area contributed by atoms with Crippen molar-refractivity contribution < 1.29 is 19.1 Å². The molecule has 2 rings (SSSR count). The summed E-state index contributed by atoms with van der Waals surface area (Å²) in [6, 6.07) is 4.01. The molecule has 0 saturated heterocycles. The summed E-state index contributed by atoms with van der Waals surface area (Å²) in [6.07, 6.45) is 0.906. The normalized spacial score (nSPS) is 12.0. The first-order valence-electron chi connectivity index (χ1n) is 8.27. The van der Waals surface area contributed by atoms with Crippen LogP contribution in [0.25, 0.3) is 0 Å². The summed E-state index contributed by atoms with van der Waals surface area (Å²) >= 11 is 1.66. The molecule has 25 heavy (non-hydrogen) atoms. The van der Waals surface area contributed by atoms with Gasteiger partial charge in [0, 0.05) is 22.6 Å². The number of thiophene rings is 1. The van der Waals surface area contributed by atoms with Gasteiger partial charge in [-0.1, -0.05) is 6.07 Å². The van der Waals surface area contributed by atoms with Gasteiger partial charge in [-0.2, -0.15) is 0 Å². The SMILES string of the molecule is CC(=O)c1c(C)[nH]c(C(=O)[C@H](C)OC(=O)CCCc2cccs2)c1C. The van der Waals surface area contributed by atoms with Crippen molar-refractivity contribution in [2.75, 3.05) is 0 Å². The molecule has 2 aromatic rings. The number of rotatable bonds is 8. The van der Waals surface area contributed by atoms with E-state index in [2.05, 4.69) is 4.98 Å². The zero-order chi connectivity index (χ0) is 18.6. The number of hydrogen-bond acceptors (Lipinski definition) is 5. The average molecular weight is 361 g/mol. The molecule has 0 aliphatic heterocycles. The monoisotopic (exact) mass is 361 g/mol. The van der Waals surface area contributed by atoms with Crippen molar-refractivity contribution >= 4 is 28.9 Å². The molecular formula is C19H23NO4S. The predicted molar refractivity (Wildman–Crippen MR) is 97.4 cm³/mol. The van der Waals surface area contributed by atoms with Crippen LogP contribution in [0.3, 0.4) is 0 Å². The molecule has 0 saturated carbocycles. The molecular weight excluding hydrogens is 338 g/mol. The molecule has 5 nitrogen and oxygen atoms in total. The van der Waals surface area contributed by atoms with Gasteiger partial charge in [-0.25, -0.2) is 0 Å². The Hall–Kier alpha value is -2.21. The molecule has 0 aliphatic rings. The molecule has 6 heteroatoms. The Morgan fingerprint density at radius 3 is 2.56 bits per heavy atom. The summed E-state index contributed by atoms with van der Waals surface area (Å²) in [5.74, 6) is -0.798. The fourth-order valence-electron chi connectivity index (χ4n) is 2.90. The van der Waals surface area contributed by atoms with E-state index in [0.717, 1.165) is 6.42 Å². The first-order valence-corrected chi connectivity index (χ1v) is 9.15. The lowest BCUT2D eigenvalue weighted by Gasteiger charge is -2.12. The molecule has 2 heterocycles. The van der Waals surface area contributed by atoms with Crippen molar-refractivity contribution in [2.45, 2.75) is 53.1 Å². The summed E-state index contributed by atoms with van der Waals surface area (Å²) in [5.41, 5.74) is 2.12. The molecule has 0 radical (unpaired) electrons. The number of aromatic amines is 1. The summed E-state index contributed by atoms with van der Waals surface area (Å²) in [7, 11) is 0. The number of H-pyrrole nitrogens is 1. The van der Waals surface area contributed by atoms with Crippen LogP contribution < -0.4 is 0 Å². The minimum absolute atomic E-state index is 0.0940. The summed E-state index contributed by atoms with van der Waals surface area (Å²) in [6.45, 7) is 6.50. The highest BCUT2D eigenvalue weighted by Gasteiger charge is 2.25. The van der Waals surface area contributed by atoms with E-state index < -0.39 is 6.10 Å². The van der Waals surface area contributed by atoms with Gasteiger partial charge in [0.05, 0.1) is 5.69 Å². The molecule has 0 amide bonds. The van der Waals surface area contributed by atoms with Crippen LogP contribution in [0, 0.1) is 13.8 Å². The molecule has 0 unspecified atom stereocenters. The van der Waals surface area contributed by atoms with Crippen LogP contribution in [0.2, 0.25) is 0 Å². The third-order valence-electron chi connectivity index (χ3n) is 4.10. The first kappa shape index (κ1) is 19.1. The Morgan fingerprint density at radius 2 is 2.00 bits per heavy atom. The van der Waals surface area contributed by atoms with Gasteiger partial charge in [0.2, 0.25) is 5.78 Å². The van der Waals surface area contributed by atoms with Crippen LogP contribution in [-0.2, 0) is 16.0 Å². The molecule has 0 spiro atoms. The highest BCUT2D eigenvalue weighted by molar-refractivity contribution is 7.09. The topological polar surface area (TPSA) is 76.2 Å². The van der Waals surface area contributed by atoms with E-state index in [4.69, 9.17) is 4.74 Å². The largest absolute Gasteiger partial charge is 0.454 e. The van der Waals surface area contributed by atoms with Crippen molar-refractivity contribution in [3.8, 4) is 0 Å². The molecule has 134 valence electrons. The molecule has 0 fully saturated rings. The van der Waals surface area contributed by atoms with Gasteiger partial charge in [0.1, 0.15) is 0 Å². The lowest BCUT2D eigenvalue weighted by Crippen LogP contribution is -2.25. The Bertz CT molecular complexity index is 774. The van der Waals surface area contributed by atoms with Crippen molar-refractivity contribution in [2.24, 2.45) is 0 Å². The average Bonchev–Trinajstić information content (AvgIpc) is 3.14. The van der Waals surface area contributed by atoms with E-state index in [1.807, 2.05) is 17.5 Å². The lowest BCUT2D eigenvalue weighted by atomic mass is 10.0. The Balaban J connectivity index is 1.92. The molecule has 1 N–H and O–H groups in total. The smallest absolute Gasteiger partial charge is 0.306 e. The van der Waals surface area contributed by atoms with Gasteiger partial charge < -0.3 is 9.72 Å². The van der Waals surface area contributed by atoms with E-state index in [1.165, 1.54) is 11.8 Å². The van der Waals surface area contributed by atoms with Gasteiger partial charge in [-0.3, -0.25) is 14.4 Å². The number of ketones is 2. The second-order valence-corrected chi connectivity index (χ2v) is 7.14. The lowest BCUT2D eigenvalue weighted by molar-refractivity contribution is -0.146. The van der Waals surface area contributed by atoms with E-state index in [0.29, 0.717) is 28.9 Å². The number of carbonyl (C=O) groups is 3. The number of Topliss-reactive ketones (excluding diaryl/α,β-unsaturated/α-hetero) is 2. The number of ether oxygens (including phenoxy) is 1. The zero-order valence-corrected chi connectivity index (χ0v) is 15.8. The fraction of sp³-hybridized carbons (Fsp3) is 0.421. The van der Waals surface area contributed by atoms with Gasteiger partial charge in [0.25, 0.3) is 0 Å². The molecule has 2 aromatic heterocycles. The number of carbonyl (C=O) groups excluding carboxylic acids is 3. The van der Waals surface area contributed by atoms with Crippen LogP contribution in [0.15, 0.2) is 17.5 Å². The predicted octanol–water partition coefficient (Wildman–Crippen LogP) is 4.03. The highest BCUT2D eigenvalue weighted by atomic mass is 32.1. The number of hydrogen-bond donors (Lipinski definition) is 1. The van der Waals surface area contributed by atoms with E-state index >= 15 is 0 Å². The third-order valence-corrected chi connectivity index (χ3v) is 5.03. The molecule has 0 aromatic carbocycles. The van der Waals surface area contributed by atoms with Crippen molar-refractivity contribution in [3.05, 3.63) is 44.9 Å². The molecule has 0 aliphatic carbocycles. The van der Waals surface area contributed by atoms with Gasteiger partial charge in [0.15, 0.2) is 11.9 Å². The Kier molecular flexibility index (Phi) is 6.31. The highest BCUT2D eigenvalue weighted by Crippen LogP contribution is 2.20. The molecule has 0 bridgehead atoms. The Morgan fingerprint density at radius 1 is 1.28 bits per heavy atom. The van der Waals surface area contributed by atoms with Crippen LogP contribution in [0.5, 0.6) is 0 Å². The second-order valence-electron chi connectivity index (χ2n) is 6.11. The maximum absolute atomic E-state index is 12.5. The Labute approximate surface area is 151 Å². The van der Waals surface area contributed by atoms with Crippen LogP contribution in [-0.4, -0.2) is 28.6 Å². The van der Waals surface area contributed by atoms with Gasteiger partial charge in [-0.05, 0) is 57.5 Å².